The molecule has 0 bridgehead atoms. The first-order valence-electron chi connectivity index (χ1n) is 19.3. The molecule has 0 heterocycles. The topological polar surface area (TPSA) is 0 Å². The average Bonchev–Trinajstić information content (AvgIpc) is 3.59. The van der Waals surface area contributed by atoms with Crippen LogP contribution in [0.25, 0.3) is 88.0 Å². The van der Waals surface area contributed by atoms with Crippen LogP contribution in [0.2, 0.25) is 0 Å². The molecule has 54 heavy (non-hydrogen) atoms. The fourth-order valence-corrected chi connectivity index (χ4v) is 10.3. The zero-order valence-electron chi connectivity index (χ0n) is 31.2. The van der Waals surface area contributed by atoms with Gasteiger partial charge in [0, 0.05) is 10.8 Å². The molecule has 0 saturated heterocycles. The molecule has 0 unspecified atom stereocenters. The van der Waals surface area contributed by atoms with E-state index in [1.807, 2.05) is 0 Å². The Bertz CT molecular complexity index is 2990. The Hall–Kier alpha value is -6.24. The average molecular weight is 689 g/mol. The van der Waals surface area contributed by atoms with Gasteiger partial charge in [-0.05, 0) is 128 Å². The van der Waals surface area contributed by atoms with Gasteiger partial charge in [0.1, 0.15) is 0 Å². The molecule has 2 aliphatic carbocycles. The first-order valence-corrected chi connectivity index (χ1v) is 19.3. The molecular formula is C54H40. The molecule has 0 atom stereocenters. The molecule has 0 aliphatic heterocycles. The zero-order valence-corrected chi connectivity index (χ0v) is 31.2. The van der Waals surface area contributed by atoms with Crippen molar-refractivity contribution in [1.82, 2.24) is 0 Å². The molecule has 0 radical (unpaired) electrons. The van der Waals surface area contributed by atoms with Crippen molar-refractivity contribution in [3.63, 3.8) is 0 Å². The number of hydrogen-bond donors (Lipinski definition) is 0. The molecule has 0 spiro atoms. The minimum absolute atomic E-state index is 0.0584. The third-order valence-electron chi connectivity index (χ3n) is 12.8. The Labute approximate surface area is 317 Å². The highest BCUT2D eigenvalue weighted by atomic mass is 14.4. The van der Waals surface area contributed by atoms with Gasteiger partial charge in [0.25, 0.3) is 0 Å². The standard InChI is InChI=1S/C54H40/c1-53(2)47-23-12-11-18-39(47)40-27-25-37(32-49(40)53)51-43-21-9-7-19-41(43)50(42-20-8-10-22-44(42)51)36-16-13-15-34(30-36)35-26-29-48-46(31-35)45-28-24-33-14-5-6-17-38(33)52(45)54(48,3)4/h5-32H,1-4H3. The lowest BCUT2D eigenvalue weighted by Crippen LogP contribution is -2.15. The summed E-state index contributed by atoms with van der Waals surface area (Å²) in [6, 6.07) is 64.0. The molecule has 9 aromatic carbocycles. The highest BCUT2D eigenvalue weighted by molar-refractivity contribution is 6.21. The maximum absolute atomic E-state index is 2.47. The summed E-state index contributed by atoms with van der Waals surface area (Å²) in [5, 5.41) is 7.80. The summed E-state index contributed by atoms with van der Waals surface area (Å²) in [7, 11) is 0. The molecule has 0 nitrogen and oxygen atoms in total. The molecule has 9 aromatic rings. The molecule has 256 valence electrons. The zero-order chi connectivity index (χ0) is 36.3. The molecular weight excluding hydrogens is 649 g/mol. The molecule has 0 N–H and O–H groups in total. The van der Waals surface area contributed by atoms with Crippen LogP contribution in [0.3, 0.4) is 0 Å². The van der Waals surface area contributed by atoms with E-state index in [4.69, 9.17) is 0 Å². The largest absolute Gasteiger partial charge is 0.0619 e. The molecule has 2 aliphatic rings. The van der Waals surface area contributed by atoms with Crippen LogP contribution in [0.4, 0.5) is 0 Å². The van der Waals surface area contributed by atoms with Gasteiger partial charge in [-0.15, -0.1) is 0 Å². The SMILES string of the molecule is CC1(C)c2ccccc2-c2ccc(-c3c4ccccc4c(-c4cccc(-c5ccc6c(c5)-c5ccc7ccccc7c5C6(C)C)c4)c4ccccc34)cc21. The highest BCUT2D eigenvalue weighted by Gasteiger charge is 2.37. The molecule has 0 saturated carbocycles. The van der Waals surface area contributed by atoms with Crippen molar-refractivity contribution in [3.8, 4) is 55.6 Å². The van der Waals surface area contributed by atoms with Gasteiger partial charge in [0.2, 0.25) is 0 Å². The highest BCUT2D eigenvalue weighted by Crippen LogP contribution is 2.53. The van der Waals surface area contributed by atoms with E-state index in [2.05, 4.69) is 198 Å². The van der Waals surface area contributed by atoms with Gasteiger partial charge in [-0.3, -0.25) is 0 Å². The van der Waals surface area contributed by atoms with E-state index in [0.29, 0.717) is 0 Å². The Morgan fingerprint density at radius 3 is 1.54 bits per heavy atom. The van der Waals surface area contributed by atoms with Gasteiger partial charge in [-0.1, -0.05) is 179 Å². The van der Waals surface area contributed by atoms with E-state index in [1.54, 1.807) is 0 Å². The van der Waals surface area contributed by atoms with Crippen LogP contribution in [0.15, 0.2) is 170 Å². The van der Waals surface area contributed by atoms with Gasteiger partial charge in [-0.25, -0.2) is 0 Å². The summed E-state index contributed by atoms with van der Waals surface area (Å²) in [6.45, 7) is 9.51. The number of fused-ring (bicyclic) bond motifs is 10. The van der Waals surface area contributed by atoms with Crippen LogP contribution in [0.5, 0.6) is 0 Å². The first kappa shape index (κ1) is 31.3. The maximum Gasteiger partial charge on any atom is 0.0165 e. The fraction of sp³-hybridized carbons (Fsp3) is 0.111. The van der Waals surface area contributed by atoms with E-state index >= 15 is 0 Å². The predicted molar refractivity (Wildman–Crippen MR) is 230 cm³/mol. The summed E-state index contributed by atoms with van der Waals surface area (Å²) < 4.78 is 0. The Morgan fingerprint density at radius 2 is 0.815 bits per heavy atom. The van der Waals surface area contributed by atoms with Crippen LogP contribution in [-0.4, -0.2) is 0 Å². The van der Waals surface area contributed by atoms with Gasteiger partial charge in [-0.2, -0.15) is 0 Å². The summed E-state index contributed by atoms with van der Waals surface area (Å²) >= 11 is 0. The van der Waals surface area contributed by atoms with Crippen molar-refractivity contribution in [2.75, 3.05) is 0 Å². The lowest BCUT2D eigenvalue weighted by molar-refractivity contribution is 0.660. The number of rotatable bonds is 3. The minimum atomic E-state index is -0.0654. The van der Waals surface area contributed by atoms with Crippen molar-refractivity contribution < 1.29 is 0 Å². The predicted octanol–water partition coefficient (Wildman–Crippen LogP) is 14.8. The summed E-state index contributed by atoms with van der Waals surface area (Å²) in [4.78, 5) is 0. The second-order valence-corrected chi connectivity index (χ2v) is 16.4. The minimum Gasteiger partial charge on any atom is -0.0619 e. The summed E-state index contributed by atoms with van der Waals surface area (Å²) in [5.74, 6) is 0. The summed E-state index contributed by atoms with van der Waals surface area (Å²) in [5.41, 5.74) is 18.6. The van der Waals surface area contributed by atoms with E-state index in [-0.39, 0.29) is 10.8 Å². The van der Waals surface area contributed by atoms with Gasteiger partial charge in [0.15, 0.2) is 0 Å². The second kappa shape index (κ2) is 11.1. The monoisotopic (exact) mass is 688 g/mol. The molecule has 0 amide bonds. The Kier molecular flexibility index (Phi) is 6.46. The van der Waals surface area contributed by atoms with E-state index in [1.165, 1.54) is 110 Å². The van der Waals surface area contributed by atoms with Crippen LogP contribution < -0.4 is 0 Å². The number of hydrogen-bond acceptors (Lipinski definition) is 0. The van der Waals surface area contributed by atoms with Crippen molar-refractivity contribution >= 4 is 32.3 Å². The van der Waals surface area contributed by atoms with E-state index in [0.717, 1.165) is 0 Å². The van der Waals surface area contributed by atoms with Gasteiger partial charge >= 0.3 is 0 Å². The molecule has 0 fully saturated rings. The lowest BCUT2D eigenvalue weighted by Gasteiger charge is -2.23. The summed E-state index contributed by atoms with van der Waals surface area (Å²) in [6.07, 6.45) is 0. The molecule has 0 aromatic heterocycles. The molecule has 11 rings (SSSR count). The Balaban J connectivity index is 1.08. The number of benzene rings is 9. The molecule has 0 heteroatoms. The van der Waals surface area contributed by atoms with Crippen LogP contribution in [-0.2, 0) is 10.8 Å². The third kappa shape index (κ3) is 4.26. The lowest BCUT2D eigenvalue weighted by atomic mass is 9.80. The maximum atomic E-state index is 2.47. The van der Waals surface area contributed by atoms with Gasteiger partial charge < -0.3 is 0 Å². The van der Waals surface area contributed by atoms with Gasteiger partial charge in [0.05, 0.1) is 0 Å². The van der Waals surface area contributed by atoms with Crippen molar-refractivity contribution in [3.05, 3.63) is 192 Å². The third-order valence-corrected chi connectivity index (χ3v) is 12.8. The fourth-order valence-electron chi connectivity index (χ4n) is 10.3. The van der Waals surface area contributed by atoms with Crippen molar-refractivity contribution in [2.24, 2.45) is 0 Å². The van der Waals surface area contributed by atoms with E-state index in [9.17, 15) is 0 Å². The normalized spacial score (nSPS) is 14.6. The first-order chi connectivity index (χ1) is 26.3. The Morgan fingerprint density at radius 1 is 0.296 bits per heavy atom. The van der Waals surface area contributed by atoms with Crippen molar-refractivity contribution in [2.45, 2.75) is 38.5 Å². The van der Waals surface area contributed by atoms with E-state index < -0.39 is 0 Å². The van der Waals surface area contributed by atoms with Crippen LogP contribution in [0.1, 0.15) is 49.9 Å². The second-order valence-electron chi connectivity index (χ2n) is 16.4. The van der Waals surface area contributed by atoms with Crippen LogP contribution >= 0.6 is 0 Å². The van der Waals surface area contributed by atoms with Crippen LogP contribution in [0, 0.1) is 0 Å². The smallest absolute Gasteiger partial charge is 0.0165 e. The van der Waals surface area contributed by atoms with Crippen molar-refractivity contribution in [1.29, 1.82) is 0 Å². The quantitative estimate of drug-likeness (QED) is 0.162.